The maximum absolute atomic E-state index is 4.48. The van der Waals surface area contributed by atoms with Crippen LogP contribution in [-0.2, 0) is 0 Å². The quantitative estimate of drug-likeness (QED) is 0.671. The fourth-order valence-electron chi connectivity index (χ4n) is 1.80. The molecule has 1 heterocycles. The average molecular weight is 218 g/mol. The van der Waals surface area contributed by atoms with Crippen molar-refractivity contribution in [3.05, 3.63) is 29.6 Å². The third-order valence-corrected chi connectivity index (χ3v) is 4.69. The fourth-order valence-corrected chi connectivity index (χ4v) is 3.10. The predicted octanol–water partition coefficient (Wildman–Crippen LogP) is 3.34. The number of benzene rings is 1. The molecular formula is C12H18N2Si. The van der Waals surface area contributed by atoms with Crippen LogP contribution in [0.15, 0.2) is 18.5 Å². The number of hydrogen-bond donors (Lipinski definition) is 0. The zero-order valence-electron chi connectivity index (χ0n) is 10.1. The maximum atomic E-state index is 4.48. The summed E-state index contributed by atoms with van der Waals surface area (Å²) < 4.78 is 2.37. The van der Waals surface area contributed by atoms with Crippen LogP contribution in [0.2, 0.25) is 19.6 Å². The molecule has 15 heavy (non-hydrogen) atoms. The molecule has 0 saturated heterocycles. The van der Waals surface area contributed by atoms with Gasteiger partial charge in [0.2, 0.25) is 0 Å². The summed E-state index contributed by atoms with van der Waals surface area (Å²) in [5.41, 5.74) is 5.09. The van der Waals surface area contributed by atoms with Gasteiger partial charge in [-0.3, -0.25) is 0 Å². The molecule has 0 aliphatic heterocycles. The fraction of sp³-hybridized carbons (Fsp3) is 0.417. The lowest BCUT2D eigenvalue weighted by molar-refractivity contribution is 1.16. The first kappa shape index (κ1) is 10.4. The van der Waals surface area contributed by atoms with Gasteiger partial charge in [0.1, 0.15) is 0 Å². The molecule has 0 atom stereocenters. The van der Waals surface area contributed by atoms with Crippen LogP contribution in [0.1, 0.15) is 11.1 Å². The minimum atomic E-state index is -1.33. The van der Waals surface area contributed by atoms with E-state index < -0.39 is 8.24 Å². The Labute approximate surface area is 92.0 Å². The number of nitrogens with zero attached hydrogens (tertiary/aromatic N) is 2. The molecule has 1 aromatic heterocycles. The van der Waals surface area contributed by atoms with Crippen LogP contribution in [0.25, 0.3) is 11.0 Å². The van der Waals surface area contributed by atoms with Gasteiger partial charge in [0.05, 0.1) is 17.4 Å². The molecule has 0 radical (unpaired) electrons. The van der Waals surface area contributed by atoms with Crippen LogP contribution < -0.4 is 0 Å². The Morgan fingerprint density at radius 3 is 2.27 bits per heavy atom. The second kappa shape index (κ2) is 3.20. The van der Waals surface area contributed by atoms with Crippen LogP contribution >= 0.6 is 0 Å². The smallest absolute Gasteiger partial charge is 0.154 e. The third kappa shape index (κ3) is 1.72. The number of aromatic nitrogens is 2. The second-order valence-corrected chi connectivity index (χ2v) is 10.0. The summed E-state index contributed by atoms with van der Waals surface area (Å²) in [7, 11) is -1.33. The molecule has 0 spiro atoms. The molecule has 2 rings (SSSR count). The highest BCUT2D eigenvalue weighted by atomic mass is 28.3. The van der Waals surface area contributed by atoms with Crippen molar-refractivity contribution in [3.63, 3.8) is 0 Å². The molecule has 0 amide bonds. The summed E-state index contributed by atoms with van der Waals surface area (Å²) >= 11 is 0. The van der Waals surface area contributed by atoms with Crippen molar-refractivity contribution in [1.82, 2.24) is 9.22 Å². The molecule has 0 bridgehead atoms. The van der Waals surface area contributed by atoms with Crippen LogP contribution in [0.5, 0.6) is 0 Å². The normalized spacial score (nSPS) is 12.3. The van der Waals surface area contributed by atoms with Crippen LogP contribution in [-0.4, -0.2) is 17.5 Å². The molecule has 0 aliphatic carbocycles. The second-order valence-electron chi connectivity index (χ2n) is 5.21. The minimum absolute atomic E-state index is 1.13. The predicted molar refractivity (Wildman–Crippen MR) is 68.0 cm³/mol. The molecule has 2 nitrogen and oxygen atoms in total. The molecule has 0 saturated carbocycles. The summed E-state index contributed by atoms with van der Waals surface area (Å²) in [5.74, 6) is 0. The van der Waals surface area contributed by atoms with Crippen molar-refractivity contribution < 1.29 is 0 Å². The Morgan fingerprint density at radius 2 is 1.67 bits per heavy atom. The van der Waals surface area contributed by atoms with Gasteiger partial charge in [-0.25, -0.2) is 4.98 Å². The zero-order chi connectivity index (χ0) is 11.2. The number of imidazole rings is 1. The Morgan fingerprint density at radius 1 is 1.07 bits per heavy atom. The number of aryl methyl sites for hydroxylation is 2. The maximum Gasteiger partial charge on any atom is 0.154 e. The van der Waals surface area contributed by atoms with Crippen LogP contribution in [0.3, 0.4) is 0 Å². The van der Waals surface area contributed by atoms with Gasteiger partial charge >= 0.3 is 0 Å². The first-order valence-electron chi connectivity index (χ1n) is 5.34. The largest absolute Gasteiger partial charge is 0.359 e. The monoisotopic (exact) mass is 218 g/mol. The van der Waals surface area contributed by atoms with Crippen molar-refractivity contribution in [1.29, 1.82) is 0 Å². The van der Waals surface area contributed by atoms with E-state index in [2.05, 4.69) is 54.8 Å². The summed E-state index contributed by atoms with van der Waals surface area (Å²) in [6, 6.07) is 4.44. The summed E-state index contributed by atoms with van der Waals surface area (Å²) in [5, 5.41) is 0. The number of fused-ring (bicyclic) bond motifs is 1. The first-order chi connectivity index (χ1) is 6.89. The average Bonchev–Trinajstić information content (AvgIpc) is 2.47. The SMILES string of the molecule is Cc1cc2ncn([Si](C)(C)C)c2cc1C. The Kier molecular flexibility index (Phi) is 2.23. The van der Waals surface area contributed by atoms with Gasteiger partial charge in [0.15, 0.2) is 8.24 Å². The van der Waals surface area contributed by atoms with Gasteiger partial charge in [-0.05, 0) is 37.1 Å². The molecule has 80 valence electrons. The third-order valence-electron chi connectivity index (χ3n) is 2.89. The van der Waals surface area contributed by atoms with E-state index in [-0.39, 0.29) is 0 Å². The highest BCUT2D eigenvalue weighted by Crippen LogP contribution is 2.21. The van der Waals surface area contributed by atoms with E-state index in [4.69, 9.17) is 0 Å². The lowest BCUT2D eigenvalue weighted by Crippen LogP contribution is -2.31. The zero-order valence-corrected chi connectivity index (χ0v) is 11.1. The highest BCUT2D eigenvalue weighted by Gasteiger charge is 2.18. The molecule has 0 fully saturated rings. The standard InChI is InChI=1S/C12H18N2Si/c1-9-6-11-12(7-10(9)2)14(8-13-11)15(3,4)5/h6-8H,1-5H3. The molecule has 0 aliphatic rings. The van der Waals surface area contributed by atoms with Gasteiger partial charge in [0.25, 0.3) is 0 Å². The van der Waals surface area contributed by atoms with Crippen molar-refractivity contribution in [3.8, 4) is 0 Å². The van der Waals surface area contributed by atoms with E-state index >= 15 is 0 Å². The molecule has 3 heteroatoms. The number of hydrogen-bond acceptors (Lipinski definition) is 1. The molecule has 0 unspecified atom stereocenters. The van der Waals surface area contributed by atoms with Crippen LogP contribution in [0.4, 0.5) is 0 Å². The molecule has 2 aromatic rings. The van der Waals surface area contributed by atoms with E-state index in [1.807, 2.05) is 6.33 Å². The first-order valence-corrected chi connectivity index (χ1v) is 8.79. The Bertz CT molecular complexity index is 506. The lowest BCUT2D eigenvalue weighted by atomic mass is 10.1. The van der Waals surface area contributed by atoms with E-state index in [0.717, 1.165) is 5.52 Å². The van der Waals surface area contributed by atoms with Crippen molar-refractivity contribution in [2.45, 2.75) is 33.5 Å². The minimum Gasteiger partial charge on any atom is -0.359 e. The van der Waals surface area contributed by atoms with Gasteiger partial charge in [0, 0.05) is 0 Å². The molecule has 1 aromatic carbocycles. The van der Waals surface area contributed by atoms with E-state index in [1.54, 1.807) is 0 Å². The van der Waals surface area contributed by atoms with Gasteiger partial charge < -0.3 is 4.23 Å². The van der Waals surface area contributed by atoms with E-state index in [9.17, 15) is 0 Å². The molecular weight excluding hydrogens is 200 g/mol. The van der Waals surface area contributed by atoms with Crippen LogP contribution in [0, 0.1) is 13.8 Å². The van der Waals surface area contributed by atoms with Crippen molar-refractivity contribution in [2.24, 2.45) is 0 Å². The topological polar surface area (TPSA) is 17.8 Å². The number of rotatable bonds is 1. The van der Waals surface area contributed by atoms with E-state index in [1.165, 1.54) is 16.6 Å². The van der Waals surface area contributed by atoms with Gasteiger partial charge in [-0.1, -0.05) is 19.6 Å². The Balaban J connectivity index is 2.75. The lowest BCUT2D eigenvalue weighted by Gasteiger charge is -2.19. The molecule has 0 N–H and O–H groups in total. The summed E-state index contributed by atoms with van der Waals surface area (Å²) in [4.78, 5) is 4.48. The van der Waals surface area contributed by atoms with Gasteiger partial charge in [-0.15, -0.1) is 0 Å². The summed E-state index contributed by atoms with van der Waals surface area (Å²) in [6.07, 6.45) is 2.00. The van der Waals surface area contributed by atoms with E-state index in [0.29, 0.717) is 0 Å². The van der Waals surface area contributed by atoms with Gasteiger partial charge in [-0.2, -0.15) is 0 Å². The Hall–Kier alpha value is -1.09. The van der Waals surface area contributed by atoms with Crippen molar-refractivity contribution in [2.75, 3.05) is 0 Å². The highest BCUT2D eigenvalue weighted by molar-refractivity contribution is 6.75. The van der Waals surface area contributed by atoms with Crippen molar-refractivity contribution >= 4 is 19.3 Å². The summed E-state index contributed by atoms with van der Waals surface area (Å²) in [6.45, 7) is 11.3.